The summed E-state index contributed by atoms with van der Waals surface area (Å²) in [5.74, 6) is -0.0647. The summed E-state index contributed by atoms with van der Waals surface area (Å²) in [5.41, 5.74) is 6.31. The smallest absolute Gasteiger partial charge is 0.272 e. The third kappa shape index (κ3) is 3.77. The van der Waals surface area contributed by atoms with E-state index in [1.54, 1.807) is 0 Å². The van der Waals surface area contributed by atoms with E-state index in [9.17, 15) is 14.5 Å². The number of rotatable bonds is 5. The van der Waals surface area contributed by atoms with Crippen LogP contribution in [0.25, 0.3) is 0 Å². The van der Waals surface area contributed by atoms with E-state index in [0.29, 0.717) is 17.9 Å². The molecule has 0 saturated heterocycles. The molecule has 1 aromatic rings. The van der Waals surface area contributed by atoms with Crippen LogP contribution in [0.1, 0.15) is 26.3 Å². The molecule has 4 nitrogen and oxygen atoms in total. The molecule has 0 aliphatic carbocycles. The Labute approximate surface area is 106 Å². The predicted molar refractivity (Wildman–Crippen MR) is 68.7 cm³/mol. The molecule has 2 atom stereocenters. The average molecular weight is 254 g/mol. The van der Waals surface area contributed by atoms with Gasteiger partial charge in [-0.25, -0.2) is 4.39 Å². The summed E-state index contributed by atoms with van der Waals surface area (Å²) in [4.78, 5) is 10.1. The fourth-order valence-corrected chi connectivity index (χ4v) is 2.16. The Morgan fingerprint density at radius 1 is 1.33 bits per heavy atom. The first kappa shape index (κ1) is 14.6. The van der Waals surface area contributed by atoms with Crippen molar-refractivity contribution in [3.05, 3.63) is 39.7 Å². The molecule has 0 saturated carbocycles. The molecule has 0 aromatic heterocycles. The van der Waals surface area contributed by atoms with E-state index in [1.165, 1.54) is 12.1 Å². The number of hydrogen-bond acceptors (Lipinski definition) is 3. The fraction of sp³-hybridized carbons (Fsp3) is 0.538. The molecule has 18 heavy (non-hydrogen) atoms. The Balaban J connectivity index is 2.99. The summed E-state index contributed by atoms with van der Waals surface area (Å²) >= 11 is 0. The number of hydrogen-bond donors (Lipinski definition) is 1. The van der Waals surface area contributed by atoms with E-state index < -0.39 is 10.7 Å². The van der Waals surface area contributed by atoms with Gasteiger partial charge in [0.2, 0.25) is 0 Å². The summed E-state index contributed by atoms with van der Waals surface area (Å²) in [7, 11) is 0. The van der Waals surface area contributed by atoms with Crippen molar-refractivity contribution in [1.29, 1.82) is 0 Å². The maximum atomic E-state index is 13.3. The SMILES string of the molecule is CC(C)C(Cc1cc(F)cc([N+](=O)[O-])c1)C(C)N. The van der Waals surface area contributed by atoms with Gasteiger partial charge in [0.15, 0.2) is 0 Å². The highest BCUT2D eigenvalue weighted by Gasteiger charge is 2.20. The van der Waals surface area contributed by atoms with Crippen LogP contribution >= 0.6 is 0 Å². The Morgan fingerprint density at radius 2 is 1.94 bits per heavy atom. The zero-order valence-electron chi connectivity index (χ0n) is 10.9. The quantitative estimate of drug-likeness (QED) is 0.648. The third-order valence-electron chi connectivity index (χ3n) is 3.16. The minimum atomic E-state index is -0.581. The molecule has 2 unspecified atom stereocenters. The van der Waals surface area contributed by atoms with Crippen molar-refractivity contribution in [3.8, 4) is 0 Å². The van der Waals surface area contributed by atoms with Gasteiger partial charge in [0.25, 0.3) is 5.69 Å². The Bertz CT molecular complexity index is 425. The Hall–Kier alpha value is -1.49. The molecule has 0 spiro atoms. The van der Waals surface area contributed by atoms with Crippen LogP contribution < -0.4 is 5.73 Å². The zero-order valence-corrected chi connectivity index (χ0v) is 10.9. The lowest BCUT2D eigenvalue weighted by atomic mass is 9.84. The van der Waals surface area contributed by atoms with Crippen LogP contribution in [0.15, 0.2) is 18.2 Å². The first-order valence-corrected chi connectivity index (χ1v) is 6.00. The first-order chi connectivity index (χ1) is 8.31. The van der Waals surface area contributed by atoms with E-state index in [0.717, 1.165) is 6.07 Å². The van der Waals surface area contributed by atoms with Gasteiger partial charge in [0.1, 0.15) is 5.82 Å². The molecule has 0 amide bonds. The van der Waals surface area contributed by atoms with E-state index in [1.807, 2.05) is 20.8 Å². The van der Waals surface area contributed by atoms with Gasteiger partial charge in [0, 0.05) is 12.1 Å². The molecule has 1 aromatic carbocycles. The van der Waals surface area contributed by atoms with E-state index >= 15 is 0 Å². The standard InChI is InChI=1S/C13H19FN2O2/c1-8(2)13(9(3)15)6-10-4-11(14)7-12(5-10)16(17)18/h4-5,7-9,13H,6,15H2,1-3H3. The molecule has 0 radical (unpaired) electrons. The maximum absolute atomic E-state index is 13.3. The number of halogens is 1. The molecule has 2 N–H and O–H groups in total. The normalized spacial score (nSPS) is 14.6. The number of nitrogens with two attached hydrogens (primary N) is 1. The monoisotopic (exact) mass is 254 g/mol. The second kappa shape index (κ2) is 5.91. The number of benzene rings is 1. The van der Waals surface area contributed by atoms with Gasteiger partial charge in [-0.3, -0.25) is 10.1 Å². The second-order valence-electron chi connectivity index (χ2n) is 5.05. The van der Waals surface area contributed by atoms with Crippen LogP contribution in [0, 0.1) is 27.8 Å². The van der Waals surface area contributed by atoms with Crippen LogP contribution in [0.3, 0.4) is 0 Å². The molecule has 0 aliphatic rings. The van der Waals surface area contributed by atoms with Crippen molar-refractivity contribution >= 4 is 5.69 Å². The molecule has 0 fully saturated rings. The van der Waals surface area contributed by atoms with Crippen LogP contribution in [0.5, 0.6) is 0 Å². The topological polar surface area (TPSA) is 69.2 Å². The summed E-state index contributed by atoms with van der Waals surface area (Å²) in [5, 5.41) is 10.7. The molecular weight excluding hydrogens is 235 g/mol. The molecule has 5 heteroatoms. The van der Waals surface area contributed by atoms with Crippen molar-refractivity contribution in [2.45, 2.75) is 33.2 Å². The Kier molecular flexibility index (Phi) is 4.78. The van der Waals surface area contributed by atoms with Crippen LogP contribution in [0.4, 0.5) is 10.1 Å². The van der Waals surface area contributed by atoms with E-state index in [4.69, 9.17) is 5.73 Å². The van der Waals surface area contributed by atoms with E-state index in [-0.39, 0.29) is 17.6 Å². The van der Waals surface area contributed by atoms with Crippen LogP contribution in [-0.4, -0.2) is 11.0 Å². The predicted octanol–water partition coefficient (Wildman–Crippen LogP) is 2.90. The average Bonchev–Trinajstić information content (AvgIpc) is 2.24. The summed E-state index contributed by atoms with van der Waals surface area (Å²) in [6, 6.07) is 3.65. The largest absolute Gasteiger partial charge is 0.328 e. The lowest BCUT2D eigenvalue weighted by Gasteiger charge is -2.24. The molecule has 0 aliphatic heterocycles. The molecule has 100 valence electrons. The van der Waals surface area contributed by atoms with Gasteiger partial charge in [-0.1, -0.05) is 13.8 Å². The lowest BCUT2D eigenvalue weighted by Crippen LogP contribution is -2.32. The molecule has 0 heterocycles. The summed E-state index contributed by atoms with van der Waals surface area (Å²) in [6.45, 7) is 5.99. The molecule has 1 rings (SSSR count). The second-order valence-corrected chi connectivity index (χ2v) is 5.05. The molecular formula is C13H19FN2O2. The highest BCUT2D eigenvalue weighted by atomic mass is 19.1. The number of nitro groups is 1. The van der Waals surface area contributed by atoms with Gasteiger partial charge < -0.3 is 5.73 Å². The van der Waals surface area contributed by atoms with Gasteiger partial charge >= 0.3 is 0 Å². The summed E-state index contributed by atoms with van der Waals surface area (Å²) < 4.78 is 13.3. The zero-order chi connectivity index (χ0) is 13.9. The van der Waals surface area contributed by atoms with Gasteiger partial charge in [0.05, 0.1) is 11.0 Å². The minimum Gasteiger partial charge on any atom is -0.328 e. The molecule has 0 bridgehead atoms. The van der Waals surface area contributed by atoms with E-state index in [2.05, 4.69) is 0 Å². The first-order valence-electron chi connectivity index (χ1n) is 6.00. The van der Waals surface area contributed by atoms with Gasteiger partial charge in [-0.05, 0) is 36.8 Å². The summed E-state index contributed by atoms with van der Waals surface area (Å²) in [6.07, 6.45) is 0.550. The number of non-ortho nitro benzene ring substituents is 1. The van der Waals surface area contributed by atoms with Gasteiger partial charge in [-0.15, -0.1) is 0 Å². The number of nitro benzene ring substituents is 1. The minimum absolute atomic E-state index is 0.0349. The third-order valence-corrected chi connectivity index (χ3v) is 3.16. The van der Waals surface area contributed by atoms with Crippen molar-refractivity contribution in [3.63, 3.8) is 0 Å². The fourth-order valence-electron chi connectivity index (χ4n) is 2.16. The maximum Gasteiger partial charge on any atom is 0.272 e. The van der Waals surface area contributed by atoms with Crippen molar-refractivity contribution in [2.75, 3.05) is 0 Å². The number of nitrogens with zero attached hydrogens (tertiary/aromatic N) is 1. The van der Waals surface area contributed by atoms with Gasteiger partial charge in [-0.2, -0.15) is 0 Å². The Morgan fingerprint density at radius 3 is 2.39 bits per heavy atom. The lowest BCUT2D eigenvalue weighted by molar-refractivity contribution is -0.385. The van der Waals surface area contributed by atoms with Crippen molar-refractivity contribution in [2.24, 2.45) is 17.6 Å². The van der Waals surface area contributed by atoms with Crippen LogP contribution in [-0.2, 0) is 6.42 Å². The highest BCUT2D eigenvalue weighted by molar-refractivity contribution is 5.35. The highest BCUT2D eigenvalue weighted by Crippen LogP contribution is 2.23. The van der Waals surface area contributed by atoms with Crippen molar-refractivity contribution < 1.29 is 9.31 Å². The van der Waals surface area contributed by atoms with Crippen molar-refractivity contribution in [1.82, 2.24) is 0 Å². The van der Waals surface area contributed by atoms with Crippen LogP contribution in [0.2, 0.25) is 0 Å².